The molecule has 1 aliphatic rings. The van der Waals surface area contributed by atoms with Gasteiger partial charge in [0.2, 0.25) is 0 Å². The molecule has 0 spiro atoms. The van der Waals surface area contributed by atoms with Crippen molar-refractivity contribution in [3.05, 3.63) is 99.0 Å². The van der Waals surface area contributed by atoms with Crippen molar-refractivity contribution in [2.45, 2.75) is 19.9 Å². The number of carbonyl (C=O) groups is 1. The third-order valence-corrected chi connectivity index (χ3v) is 7.01. The average Bonchev–Trinajstić information content (AvgIpc) is 2.93. The molecule has 0 radical (unpaired) electrons. The number of hydrogen-bond acceptors (Lipinski definition) is 7. The van der Waals surface area contributed by atoms with Gasteiger partial charge in [-0.3, -0.25) is 9.20 Å². The predicted octanol–water partition coefficient (Wildman–Crippen LogP) is 4.35. The van der Waals surface area contributed by atoms with E-state index in [1.165, 1.54) is 22.6 Å². The summed E-state index contributed by atoms with van der Waals surface area (Å²) < 4.78 is 29.1. The van der Waals surface area contributed by atoms with E-state index in [-0.39, 0.29) is 22.6 Å². The molecule has 1 unspecified atom stereocenters. The summed E-state index contributed by atoms with van der Waals surface area (Å²) in [5, 5.41) is 22.7. The molecule has 4 aromatic rings. The van der Waals surface area contributed by atoms with Gasteiger partial charge in [0.1, 0.15) is 23.4 Å². The lowest BCUT2D eigenvalue weighted by molar-refractivity contribution is 0.0698. The minimum atomic E-state index is -1.07. The maximum absolute atomic E-state index is 14.3. The smallest absolute Gasteiger partial charge is 0.337 e. The molecule has 0 amide bonds. The Morgan fingerprint density at radius 2 is 1.80 bits per heavy atom. The van der Waals surface area contributed by atoms with Gasteiger partial charge in [-0.2, -0.15) is 5.26 Å². The van der Waals surface area contributed by atoms with Gasteiger partial charge in [-0.1, -0.05) is 12.1 Å². The Morgan fingerprint density at radius 1 is 1.10 bits per heavy atom. The number of aryl methyl sites for hydroxylation is 1. The quantitative estimate of drug-likeness (QED) is 0.368. The molecule has 2 aromatic carbocycles. The van der Waals surface area contributed by atoms with Crippen molar-refractivity contribution in [3.63, 3.8) is 0 Å². The second-order valence-corrected chi connectivity index (χ2v) is 9.68. The molecule has 1 atom stereocenters. The number of benzene rings is 2. The van der Waals surface area contributed by atoms with E-state index in [1.54, 1.807) is 29.3 Å². The normalized spacial score (nSPS) is 14.2. The van der Waals surface area contributed by atoms with E-state index in [9.17, 15) is 28.7 Å². The number of nitrogens with one attached hydrogen (secondary N) is 1. The number of nitriles is 1. The SMILES string of the molecule is Cc1cc(C(C)Nc2ccccc2C(=O)O)c2nc(N3CCN(c4ccc(F)cc4F)CC3)c(C#N)c(=O)n2c1. The van der Waals surface area contributed by atoms with E-state index in [0.29, 0.717) is 43.1 Å². The van der Waals surface area contributed by atoms with E-state index in [2.05, 4.69) is 5.32 Å². The number of carboxylic acids is 1. The zero-order valence-corrected chi connectivity index (χ0v) is 21.9. The molecular weight excluding hydrogens is 518 g/mol. The minimum absolute atomic E-state index is 0.104. The Labute approximate surface area is 228 Å². The summed E-state index contributed by atoms with van der Waals surface area (Å²) in [7, 11) is 0. The van der Waals surface area contributed by atoms with Crippen molar-refractivity contribution < 1.29 is 18.7 Å². The first-order valence-electron chi connectivity index (χ1n) is 12.7. The number of hydrogen-bond donors (Lipinski definition) is 2. The molecule has 1 aliphatic heterocycles. The molecule has 3 heterocycles. The average molecular weight is 545 g/mol. The summed E-state index contributed by atoms with van der Waals surface area (Å²) in [6.07, 6.45) is 1.62. The van der Waals surface area contributed by atoms with E-state index < -0.39 is 29.2 Å². The Balaban J connectivity index is 1.52. The number of pyridine rings is 1. The van der Waals surface area contributed by atoms with Gasteiger partial charge in [0.15, 0.2) is 11.4 Å². The summed E-state index contributed by atoms with van der Waals surface area (Å²) in [5.41, 5.74) is 1.94. The molecule has 204 valence electrons. The number of rotatable bonds is 6. The molecule has 5 rings (SSSR count). The first-order chi connectivity index (χ1) is 19.2. The van der Waals surface area contributed by atoms with Crippen LogP contribution in [0.1, 0.15) is 40.0 Å². The van der Waals surface area contributed by atoms with Crippen molar-refractivity contribution in [3.8, 4) is 6.07 Å². The van der Waals surface area contributed by atoms with Gasteiger partial charge in [-0.25, -0.2) is 18.6 Å². The highest BCUT2D eigenvalue weighted by Crippen LogP contribution is 2.28. The van der Waals surface area contributed by atoms with Gasteiger partial charge >= 0.3 is 5.97 Å². The first-order valence-corrected chi connectivity index (χ1v) is 12.7. The van der Waals surface area contributed by atoms with Crippen LogP contribution in [0.15, 0.2) is 59.5 Å². The fourth-order valence-corrected chi connectivity index (χ4v) is 5.05. The summed E-state index contributed by atoms with van der Waals surface area (Å²) in [6, 6.07) is 13.4. The van der Waals surface area contributed by atoms with Crippen LogP contribution in [0.5, 0.6) is 0 Å². The lowest BCUT2D eigenvalue weighted by Gasteiger charge is -2.37. The number of nitrogens with zero attached hydrogens (tertiary/aromatic N) is 5. The molecule has 1 saturated heterocycles. The first kappa shape index (κ1) is 26.6. The van der Waals surface area contributed by atoms with E-state index in [1.807, 2.05) is 30.9 Å². The number of para-hydroxylation sites is 1. The summed E-state index contributed by atoms with van der Waals surface area (Å²) in [6.45, 7) is 5.12. The highest BCUT2D eigenvalue weighted by atomic mass is 19.1. The Hall–Kier alpha value is -4.98. The summed E-state index contributed by atoms with van der Waals surface area (Å²) in [4.78, 5) is 33.6. The maximum Gasteiger partial charge on any atom is 0.337 e. The second kappa shape index (κ2) is 10.6. The zero-order chi connectivity index (χ0) is 28.6. The van der Waals surface area contributed by atoms with Crippen LogP contribution < -0.4 is 20.7 Å². The molecule has 2 N–H and O–H groups in total. The zero-order valence-electron chi connectivity index (χ0n) is 21.9. The standard InChI is InChI=1S/C29H26F2N6O3/c1-17-13-21(18(2)33-24-6-4-3-5-20(24)29(39)40)27-34-26(22(15-32)28(38)37(27)16-17)36-11-9-35(10-12-36)25-8-7-19(30)14-23(25)31/h3-8,13-14,16,18,33H,9-12H2,1-2H3,(H,39,40). The molecule has 40 heavy (non-hydrogen) atoms. The van der Waals surface area contributed by atoms with E-state index in [0.717, 1.165) is 11.6 Å². The maximum atomic E-state index is 14.3. The third kappa shape index (κ3) is 4.91. The molecular formula is C29H26F2N6O3. The topological polar surface area (TPSA) is 114 Å². The Kier molecular flexibility index (Phi) is 7.09. The number of fused-ring (bicyclic) bond motifs is 1. The largest absolute Gasteiger partial charge is 0.478 e. The second-order valence-electron chi connectivity index (χ2n) is 9.68. The van der Waals surface area contributed by atoms with Crippen LogP contribution >= 0.6 is 0 Å². The van der Waals surface area contributed by atoms with Gasteiger partial charge in [-0.15, -0.1) is 0 Å². The van der Waals surface area contributed by atoms with Gasteiger partial charge in [0.25, 0.3) is 5.56 Å². The van der Waals surface area contributed by atoms with Crippen LogP contribution in [0.4, 0.5) is 26.0 Å². The molecule has 0 aliphatic carbocycles. The van der Waals surface area contributed by atoms with Crippen molar-refractivity contribution in [2.75, 3.05) is 41.3 Å². The fraction of sp³-hybridized carbons (Fsp3) is 0.241. The van der Waals surface area contributed by atoms with Crippen LogP contribution in [-0.2, 0) is 0 Å². The van der Waals surface area contributed by atoms with E-state index >= 15 is 0 Å². The monoisotopic (exact) mass is 544 g/mol. The third-order valence-electron chi connectivity index (χ3n) is 7.01. The van der Waals surface area contributed by atoms with E-state index in [4.69, 9.17) is 4.98 Å². The van der Waals surface area contributed by atoms with Gasteiger partial charge < -0.3 is 20.2 Å². The highest BCUT2D eigenvalue weighted by Gasteiger charge is 2.26. The number of anilines is 3. The van der Waals surface area contributed by atoms with Crippen LogP contribution in [-0.4, -0.2) is 46.6 Å². The van der Waals surface area contributed by atoms with Crippen LogP contribution in [0.3, 0.4) is 0 Å². The number of piperazine rings is 1. The fourth-order valence-electron chi connectivity index (χ4n) is 5.05. The van der Waals surface area contributed by atoms with Gasteiger partial charge in [0, 0.05) is 49.7 Å². The van der Waals surface area contributed by atoms with Crippen LogP contribution in [0.2, 0.25) is 0 Å². The van der Waals surface area contributed by atoms with Gasteiger partial charge in [-0.05, 0) is 49.7 Å². The number of carboxylic acid groups (broad SMARTS) is 1. The minimum Gasteiger partial charge on any atom is -0.478 e. The highest BCUT2D eigenvalue weighted by molar-refractivity contribution is 5.94. The Morgan fingerprint density at radius 3 is 2.48 bits per heavy atom. The summed E-state index contributed by atoms with van der Waals surface area (Å²) in [5.74, 6) is -2.14. The number of halogens is 2. The molecule has 0 bridgehead atoms. The molecule has 1 fully saturated rings. The molecule has 0 saturated carbocycles. The van der Waals surface area contributed by atoms with Crippen molar-refractivity contribution in [1.82, 2.24) is 9.38 Å². The molecule has 2 aromatic heterocycles. The lowest BCUT2D eigenvalue weighted by atomic mass is 10.1. The van der Waals surface area contributed by atoms with Crippen LogP contribution in [0, 0.1) is 29.9 Å². The van der Waals surface area contributed by atoms with Gasteiger partial charge in [0.05, 0.1) is 17.3 Å². The summed E-state index contributed by atoms with van der Waals surface area (Å²) >= 11 is 0. The lowest BCUT2D eigenvalue weighted by Crippen LogP contribution is -2.48. The van der Waals surface area contributed by atoms with Crippen LogP contribution in [0.25, 0.3) is 5.65 Å². The molecule has 11 heteroatoms. The van der Waals surface area contributed by atoms with Crippen molar-refractivity contribution in [2.24, 2.45) is 0 Å². The molecule has 9 nitrogen and oxygen atoms in total. The Bertz CT molecular complexity index is 1720. The predicted molar refractivity (Wildman–Crippen MR) is 147 cm³/mol. The van der Waals surface area contributed by atoms with Crippen molar-refractivity contribution >= 4 is 28.8 Å². The number of aromatic carboxylic acids is 1. The van der Waals surface area contributed by atoms with Crippen molar-refractivity contribution in [1.29, 1.82) is 5.26 Å². The number of aromatic nitrogens is 2.